The van der Waals surface area contributed by atoms with Crippen LogP contribution in [0.5, 0.6) is 0 Å². The number of nitrogen functional groups attached to an aromatic ring is 1. The van der Waals surface area contributed by atoms with E-state index in [4.69, 9.17) is 5.84 Å². The minimum Gasteiger partial charge on any atom is -0.365 e. The Morgan fingerprint density at radius 3 is 2.70 bits per heavy atom. The summed E-state index contributed by atoms with van der Waals surface area (Å²) in [6.07, 6.45) is 4.47. The lowest BCUT2D eigenvalue weighted by Crippen LogP contribution is -2.24. The Hall–Kier alpha value is -2.15. The van der Waals surface area contributed by atoms with Crippen LogP contribution < -0.4 is 16.6 Å². The second kappa shape index (κ2) is 6.33. The van der Waals surface area contributed by atoms with E-state index in [1.54, 1.807) is 6.20 Å². The molecule has 0 aliphatic rings. The number of anilines is 2. The Morgan fingerprint density at radius 2 is 2.10 bits per heavy atom. The fraction of sp³-hybridized carbons (Fsp3) is 0.462. The Morgan fingerprint density at radius 1 is 1.35 bits per heavy atom. The van der Waals surface area contributed by atoms with Crippen LogP contribution in [0.25, 0.3) is 0 Å². The van der Waals surface area contributed by atoms with Crippen molar-refractivity contribution in [1.29, 1.82) is 0 Å². The normalized spacial score (nSPS) is 12.2. The van der Waals surface area contributed by atoms with E-state index in [1.165, 1.54) is 0 Å². The lowest BCUT2D eigenvalue weighted by molar-refractivity contribution is 0.559. The predicted octanol–water partition coefficient (Wildman–Crippen LogP) is 1.33. The molecule has 0 saturated carbocycles. The lowest BCUT2D eigenvalue weighted by atomic mass is 10.2. The molecule has 4 N–H and O–H groups in total. The lowest BCUT2D eigenvalue weighted by Gasteiger charge is -2.18. The number of nitrogens with zero attached hydrogens (tertiary/aromatic N) is 4. The zero-order valence-electron chi connectivity index (χ0n) is 12.1. The summed E-state index contributed by atoms with van der Waals surface area (Å²) in [6.45, 7) is 6.81. The maximum absolute atomic E-state index is 5.50. The van der Waals surface area contributed by atoms with Crippen molar-refractivity contribution in [3.05, 3.63) is 29.8 Å². The number of aromatic nitrogens is 4. The largest absolute Gasteiger partial charge is 0.365 e. The second-order valence-electron chi connectivity index (χ2n) is 4.73. The van der Waals surface area contributed by atoms with Crippen molar-refractivity contribution in [2.24, 2.45) is 5.84 Å². The summed E-state index contributed by atoms with van der Waals surface area (Å²) in [4.78, 5) is 8.87. The van der Waals surface area contributed by atoms with Gasteiger partial charge in [0.15, 0.2) is 0 Å². The molecule has 0 aliphatic carbocycles. The van der Waals surface area contributed by atoms with Gasteiger partial charge in [-0.15, -0.1) is 0 Å². The first-order valence-corrected chi connectivity index (χ1v) is 6.72. The van der Waals surface area contributed by atoms with Gasteiger partial charge in [-0.1, -0.05) is 6.92 Å². The van der Waals surface area contributed by atoms with Crippen LogP contribution in [0.2, 0.25) is 0 Å². The molecule has 1 unspecified atom stereocenters. The molecule has 0 amide bonds. The smallest absolute Gasteiger partial charge is 0.148 e. The van der Waals surface area contributed by atoms with Gasteiger partial charge < -0.3 is 10.7 Å². The van der Waals surface area contributed by atoms with Crippen molar-refractivity contribution in [1.82, 2.24) is 19.7 Å². The quantitative estimate of drug-likeness (QED) is 0.544. The van der Waals surface area contributed by atoms with Crippen LogP contribution in [0.3, 0.4) is 0 Å². The Kier molecular flexibility index (Phi) is 4.52. The van der Waals surface area contributed by atoms with Crippen LogP contribution in [0.15, 0.2) is 18.5 Å². The zero-order valence-corrected chi connectivity index (χ0v) is 12.1. The van der Waals surface area contributed by atoms with Crippen molar-refractivity contribution in [2.75, 3.05) is 10.7 Å². The zero-order chi connectivity index (χ0) is 14.5. The van der Waals surface area contributed by atoms with Crippen LogP contribution in [-0.4, -0.2) is 25.8 Å². The van der Waals surface area contributed by atoms with Gasteiger partial charge in [0, 0.05) is 30.4 Å². The SMILES string of the molecule is CCc1nc(NN)c(C)c(NC(C)Cn2cccn2)n1. The molecule has 0 radical (unpaired) electrons. The van der Waals surface area contributed by atoms with Gasteiger partial charge >= 0.3 is 0 Å². The molecule has 7 heteroatoms. The first-order chi connectivity index (χ1) is 9.63. The average Bonchev–Trinajstić information content (AvgIpc) is 2.93. The van der Waals surface area contributed by atoms with Gasteiger partial charge in [0.2, 0.25) is 0 Å². The van der Waals surface area contributed by atoms with E-state index in [9.17, 15) is 0 Å². The predicted molar refractivity (Wildman–Crippen MR) is 79.3 cm³/mol. The Bertz CT molecular complexity index is 550. The maximum Gasteiger partial charge on any atom is 0.148 e. The third-order valence-electron chi connectivity index (χ3n) is 3.05. The van der Waals surface area contributed by atoms with Gasteiger partial charge in [-0.05, 0) is 19.9 Å². The maximum atomic E-state index is 5.50. The summed E-state index contributed by atoms with van der Waals surface area (Å²) >= 11 is 0. The van der Waals surface area contributed by atoms with Gasteiger partial charge in [0.05, 0.1) is 6.54 Å². The van der Waals surface area contributed by atoms with E-state index in [0.717, 1.165) is 30.2 Å². The van der Waals surface area contributed by atoms with E-state index >= 15 is 0 Å². The first kappa shape index (κ1) is 14.3. The number of hydrogen-bond acceptors (Lipinski definition) is 6. The summed E-state index contributed by atoms with van der Waals surface area (Å²) < 4.78 is 1.89. The molecule has 0 saturated heterocycles. The Balaban J connectivity index is 2.15. The van der Waals surface area contributed by atoms with E-state index in [0.29, 0.717) is 5.82 Å². The summed E-state index contributed by atoms with van der Waals surface area (Å²) in [7, 11) is 0. The molecule has 2 heterocycles. The highest BCUT2D eigenvalue weighted by Crippen LogP contribution is 2.20. The monoisotopic (exact) mass is 275 g/mol. The number of hydrazine groups is 1. The van der Waals surface area contributed by atoms with Crippen molar-refractivity contribution >= 4 is 11.6 Å². The number of hydrogen-bond donors (Lipinski definition) is 3. The molecule has 0 aliphatic heterocycles. The third-order valence-corrected chi connectivity index (χ3v) is 3.05. The van der Waals surface area contributed by atoms with Crippen LogP contribution in [-0.2, 0) is 13.0 Å². The van der Waals surface area contributed by atoms with Crippen molar-refractivity contribution in [3.8, 4) is 0 Å². The minimum absolute atomic E-state index is 0.193. The molecule has 0 aromatic carbocycles. The molecule has 108 valence electrons. The first-order valence-electron chi connectivity index (χ1n) is 6.72. The summed E-state index contributed by atoms with van der Waals surface area (Å²) in [5, 5.41) is 7.59. The number of nitrogens with one attached hydrogen (secondary N) is 2. The molecule has 0 fully saturated rings. The number of rotatable bonds is 6. The molecular formula is C13H21N7. The number of aryl methyl sites for hydroxylation is 1. The van der Waals surface area contributed by atoms with E-state index in [1.807, 2.05) is 30.8 Å². The summed E-state index contributed by atoms with van der Waals surface area (Å²) in [6, 6.07) is 2.10. The van der Waals surface area contributed by atoms with E-state index < -0.39 is 0 Å². The van der Waals surface area contributed by atoms with Gasteiger partial charge in [-0.25, -0.2) is 15.8 Å². The van der Waals surface area contributed by atoms with E-state index in [2.05, 4.69) is 32.7 Å². The molecular weight excluding hydrogens is 254 g/mol. The third kappa shape index (κ3) is 3.24. The summed E-state index contributed by atoms with van der Waals surface area (Å²) in [5.74, 6) is 7.73. The van der Waals surface area contributed by atoms with Crippen LogP contribution in [0.4, 0.5) is 11.6 Å². The highest BCUT2D eigenvalue weighted by atomic mass is 15.3. The molecule has 7 nitrogen and oxygen atoms in total. The van der Waals surface area contributed by atoms with Crippen molar-refractivity contribution in [2.45, 2.75) is 39.8 Å². The van der Waals surface area contributed by atoms with Gasteiger partial charge in [0.25, 0.3) is 0 Å². The van der Waals surface area contributed by atoms with Crippen molar-refractivity contribution in [3.63, 3.8) is 0 Å². The van der Waals surface area contributed by atoms with Crippen LogP contribution in [0.1, 0.15) is 25.2 Å². The van der Waals surface area contributed by atoms with Crippen molar-refractivity contribution < 1.29 is 0 Å². The number of nitrogens with two attached hydrogens (primary N) is 1. The fourth-order valence-corrected chi connectivity index (χ4v) is 1.97. The average molecular weight is 275 g/mol. The molecule has 0 spiro atoms. The van der Waals surface area contributed by atoms with E-state index in [-0.39, 0.29) is 6.04 Å². The molecule has 20 heavy (non-hydrogen) atoms. The highest BCUT2D eigenvalue weighted by molar-refractivity contribution is 5.57. The minimum atomic E-state index is 0.193. The standard InChI is InChI=1S/C13H21N7/c1-4-11-17-12(10(3)13(18-11)19-14)16-9(2)8-20-7-5-6-15-20/h5-7,9H,4,8,14H2,1-3H3,(H2,16,17,18,19). The highest BCUT2D eigenvalue weighted by Gasteiger charge is 2.12. The van der Waals surface area contributed by atoms with Gasteiger partial charge in [0.1, 0.15) is 17.5 Å². The molecule has 2 aromatic rings. The topological polar surface area (TPSA) is 93.7 Å². The Labute approximate surface area is 118 Å². The molecule has 2 rings (SSSR count). The molecule has 2 aromatic heterocycles. The fourth-order valence-electron chi connectivity index (χ4n) is 1.97. The van der Waals surface area contributed by atoms with Crippen LogP contribution in [0, 0.1) is 6.92 Å². The van der Waals surface area contributed by atoms with Gasteiger partial charge in [-0.3, -0.25) is 4.68 Å². The van der Waals surface area contributed by atoms with Crippen LogP contribution >= 0.6 is 0 Å². The van der Waals surface area contributed by atoms with Gasteiger partial charge in [-0.2, -0.15) is 5.10 Å². The second-order valence-corrected chi connectivity index (χ2v) is 4.73. The molecule has 0 bridgehead atoms. The molecule has 1 atom stereocenters. The summed E-state index contributed by atoms with van der Waals surface area (Å²) in [5.41, 5.74) is 3.53.